The van der Waals surface area contributed by atoms with Gasteiger partial charge in [0.2, 0.25) is 0 Å². The van der Waals surface area contributed by atoms with Crippen molar-refractivity contribution in [1.82, 2.24) is 4.90 Å². The molecule has 0 amide bonds. The van der Waals surface area contributed by atoms with E-state index >= 15 is 0 Å². The van der Waals surface area contributed by atoms with Crippen LogP contribution in [0.5, 0.6) is 0 Å². The molecule has 0 spiro atoms. The molecule has 118 valence electrons. The minimum atomic E-state index is -2.93. The Kier molecular flexibility index (Phi) is 7.47. The van der Waals surface area contributed by atoms with E-state index in [2.05, 4.69) is 9.64 Å². The molecule has 1 atom stereocenters. The molecule has 0 bridgehead atoms. The Morgan fingerprint density at radius 2 is 2.15 bits per heavy atom. The number of sulfone groups is 1. The smallest absolute Gasteiger partial charge is 0.306 e. The third-order valence-corrected chi connectivity index (χ3v) is 4.37. The predicted octanol–water partition coefficient (Wildman–Crippen LogP) is 0.465. The quantitative estimate of drug-likeness (QED) is 0.576. The second kappa shape index (κ2) is 8.59. The first-order valence-corrected chi connectivity index (χ1v) is 9.05. The van der Waals surface area contributed by atoms with E-state index in [9.17, 15) is 13.2 Å². The number of methoxy groups -OCH3 is 1. The van der Waals surface area contributed by atoms with Crippen LogP contribution in [0.2, 0.25) is 0 Å². The lowest BCUT2D eigenvalue weighted by Crippen LogP contribution is -2.35. The number of rotatable bonds is 9. The average molecular weight is 307 g/mol. The van der Waals surface area contributed by atoms with E-state index in [0.717, 1.165) is 26.0 Å². The summed E-state index contributed by atoms with van der Waals surface area (Å²) in [6.45, 7) is 2.78. The molecule has 0 radical (unpaired) electrons. The lowest BCUT2D eigenvalue weighted by atomic mass is 10.2. The molecule has 0 aliphatic carbocycles. The van der Waals surface area contributed by atoms with Crippen molar-refractivity contribution in [3.8, 4) is 0 Å². The van der Waals surface area contributed by atoms with E-state index < -0.39 is 9.84 Å². The molecule has 1 heterocycles. The summed E-state index contributed by atoms with van der Waals surface area (Å²) >= 11 is 0. The fraction of sp³-hybridized carbons (Fsp3) is 0.923. The van der Waals surface area contributed by atoms with E-state index in [1.807, 2.05) is 0 Å². The fourth-order valence-electron chi connectivity index (χ4n) is 2.27. The molecule has 0 saturated carbocycles. The fourth-order valence-corrected chi connectivity index (χ4v) is 2.93. The van der Waals surface area contributed by atoms with Crippen LogP contribution in [-0.4, -0.2) is 70.8 Å². The number of ether oxygens (including phenoxy) is 2. The van der Waals surface area contributed by atoms with Gasteiger partial charge >= 0.3 is 5.97 Å². The molecule has 0 aromatic carbocycles. The van der Waals surface area contributed by atoms with Crippen LogP contribution in [0.25, 0.3) is 0 Å². The summed E-state index contributed by atoms with van der Waals surface area (Å²) in [4.78, 5) is 13.3. The molecule has 20 heavy (non-hydrogen) atoms. The topological polar surface area (TPSA) is 72.9 Å². The summed E-state index contributed by atoms with van der Waals surface area (Å²) in [6, 6.07) is 0. The Hall–Kier alpha value is -0.660. The molecule has 0 N–H and O–H groups in total. The monoisotopic (exact) mass is 307 g/mol. The SMILES string of the molecule is COC(=O)CCN(CCCS(C)(=O)=O)CC1CCCO1. The molecule has 1 aliphatic heterocycles. The first-order valence-electron chi connectivity index (χ1n) is 6.99. The largest absolute Gasteiger partial charge is 0.469 e. The molecular weight excluding hydrogens is 282 g/mol. The van der Waals surface area contributed by atoms with Crippen LogP contribution in [0.15, 0.2) is 0 Å². The van der Waals surface area contributed by atoms with Crippen LogP contribution in [-0.2, 0) is 24.1 Å². The van der Waals surface area contributed by atoms with Crippen molar-refractivity contribution >= 4 is 15.8 Å². The van der Waals surface area contributed by atoms with Crippen molar-refractivity contribution in [2.75, 3.05) is 45.4 Å². The van der Waals surface area contributed by atoms with Gasteiger partial charge in [0.1, 0.15) is 9.84 Å². The van der Waals surface area contributed by atoms with Crippen molar-refractivity contribution in [2.45, 2.75) is 31.8 Å². The van der Waals surface area contributed by atoms with Gasteiger partial charge in [-0.25, -0.2) is 8.42 Å². The molecule has 1 rings (SSSR count). The van der Waals surface area contributed by atoms with Crippen LogP contribution >= 0.6 is 0 Å². The maximum absolute atomic E-state index is 11.2. The van der Waals surface area contributed by atoms with Crippen LogP contribution in [0.3, 0.4) is 0 Å². The Labute approximate surface area is 121 Å². The van der Waals surface area contributed by atoms with Gasteiger partial charge in [-0.05, 0) is 25.8 Å². The normalized spacial score (nSPS) is 19.4. The van der Waals surface area contributed by atoms with Gasteiger partial charge in [0, 0.05) is 26.0 Å². The summed E-state index contributed by atoms with van der Waals surface area (Å²) in [5, 5.41) is 0. The Bertz CT molecular complexity index is 390. The number of hydrogen-bond donors (Lipinski definition) is 0. The van der Waals surface area contributed by atoms with Crippen LogP contribution in [0.4, 0.5) is 0 Å². The van der Waals surface area contributed by atoms with Crippen molar-refractivity contribution < 1.29 is 22.7 Å². The van der Waals surface area contributed by atoms with Gasteiger partial charge < -0.3 is 14.4 Å². The van der Waals surface area contributed by atoms with E-state index in [1.54, 1.807) is 0 Å². The van der Waals surface area contributed by atoms with E-state index in [0.29, 0.717) is 25.9 Å². The lowest BCUT2D eigenvalue weighted by molar-refractivity contribution is -0.141. The van der Waals surface area contributed by atoms with Gasteiger partial charge in [-0.2, -0.15) is 0 Å². The van der Waals surface area contributed by atoms with Crippen molar-refractivity contribution in [1.29, 1.82) is 0 Å². The number of carbonyl (C=O) groups excluding carboxylic acids is 1. The maximum Gasteiger partial charge on any atom is 0.306 e. The van der Waals surface area contributed by atoms with Crippen molar-refractivity contribution in [2.24, 2.45) is 0 Å². The molecule has 7 heteroatoms. The van der Waals surface area contributed by atoms with Crippen LogP contribution in [0.1, 0.15) is 25.7 Å². The van der Waals surface area contributed by atoms with Crippen LogP contribution < -0.4 is 0 Å². The standard InChI is InChI=1S/C13H25NO5S/c1-18-13(15)6-8-14(7-4-10-20(2,16)17)11-12-5-3-9-19-12/h12H,3-11H2,1-2H3. The minimum Gasteiger partial charge on any atom is -0.469 e. The number of hydrogen-bond acceptors (Lipinski definition) is 6. The third-order valence-electron chi connectivity index (χ3n) is 3.34. The molecule has 6 nitrogen and oxygen atoms in total. The summed E-state index contributed by atoms with van der Waals surface area (Å²) in [7, 11) is -1.56. The predicted molar refractivity (Wildman–Crippen MR) is 76.4 cm³/mol. The zero-order chi connectivity index (χ0) is 15.0. The molecule has 1 fully saturated rings. The van der Waals surface area contributed by atoms with E-state index in [4.69, 9.17) is 4.74 Å². The van der Waals surface area contributed by atoms with Gasteiger partial charge in [-0.1, -0.05) is 0 Å². The zero-order valence-corrected chi connectivity index (χ0v) is 13.2. The highest BCUT2D eigenvalue weighted by molar-refractivity contribution is 7.90. The first kappa shape index (κ1) is 17.4. The van der Waals surface area contributed by atoms with E-state index in [-0.39, 0.29) is 17.8 Å². The minimum absolute atomic E-state index is 0.174. The molecule has 1 saturated heterocycles. The first-order chi connectivity index (χ1) is 9.40. The van der Waals surface area contributed by atoms with Gasteiger partial charge in [0.25, 0.3) is 0 Å². The Morgan fingerprint density at radius 1 is 1.40 bits per heavy atom. The van der Waals surface area contributed by atoms with Crippen LogP contribution in [0, 0.1) is 0 Å². The van der Waals surface area contributed by atoms with Gasteiger partial charge in [-0.3, -0.25) is 4.79 Å². The molecular formula is C13H25NO5S. The highest BCUT2D eigenvalue weighted by atomic mass is 32.2. The Morgan fingerprint density at radius 3 is 2.70 bits per heavy atom. The highest BCUT2D eigenvalue weighted by Crippen LogP contribution is 2.14. The summed E-state index contributed by atoms with van der Waals surface area (Å²) < 4.78 is 32.5. The van der Waals surface area contributed by atoms with E-state index in [1.165, 1.54) is 13.4 Å². The van der Waals surface area contributed by atoms with Gasteiger partial charge in [0.15, 0.2) is 0 Å². The molecule has 0 aromatic rings. The number of nitrogens with zero attached hydrogens (tertiary/aromatic N) is 1. The van der Waals surface area contributed by atoms with Crippen molar-refractivity contribution in [3.05, 3.63) is 0 Å². The summed E-state index contributed by atoms with van der Waals surface area (Å²) in [5.41, 5.74) is 0. The average Bonchev–Trinajstić information content (AvgIpc) is 2.86. The number of carbonyl (C=O) groups is 1. The summed E-state index contributed by atoms with van der Waals surface area (Å²) in [5.74, 6) is -0.0711. The van der Waals surface area contributed by atoms with Gasteiger partial charge in [0.05, 0.1) is 25.4 Å². The zero-order valence-electron chi connectivity index (χ0n) is 12.3. The highest BCUT2D eigenvalue weighted by Gasteiger charge is 2.20. The molecule has 1 aliphatic rings. The second-order valence-electron chi connectivity index (χ2n) is 5.25. The maximum atomic E-state index is 11.2. The summed E-state index contributed by atoms with van der Waals surface area (Å²) in [6.07, 6.45) is 4.44. The number of esters is 1. The van der Waals surface area contributed by atoms with Crippen molar-refractivity contribution in [3.63, 3.8) is 0 Å². The second-order valence-corrected chi connectivity index (χ2v) is 7.50. The third kappa shape index (κ3) is 7.81. The Balaban J connectivity index is 2.38. The molecule has 1 unspecified atom stereocenters. The lowest BCUT2D eigenvalue weighted by Gasteiger charge is -2.24. The molecule has 0 aromatic heterocycles. The van der Waals surface area contributed by atoms with Gasteiger partial charge in [-0.15, -0.1) is 0 Å².